The number of benzene rings is 2. The summed E-state index contributed by atoms with van der Waals surface area (Å²) < 4.78 is 6.62. The first-order valence-corrected chi connectivity index (χ1v) is 8.70. The molecule has 1 amide bonds. The van der Waals surface area contributed by atoms with Crippen LogP contribution in [-0.2, 0) is 9.53 Å². The van der Waals surface area contributed by atoms with Crippen molar-refractivity contribution in [1.29, 1.82) is 0 Å². The Morgan fingerprint density at radius 1 is 1.04 bits per heavy atom. The lowest BCUT2D eigenvalue weighted by Gasteiger charge is -2.05. The quantitative estimate of drug-likeness (QED) is 0.651. The largest absolute Gasteiger partial charge is 0.450 e. The lowest BCUT2D eigenvalue weighted by atomic mass is 10.2. The number of carbonyl (C=O) groups excluding carboxylic acids is 2. The van der Waals surface area contributed by atoms with Crippen LogP contribution >= 0.6 is 0 Å². The molecule has 1 N–H and O–H groups in total. The SMILES string of the molecule is CCCNC(=O)COC(=O)c1nc(-c2ccccc2)n(-c2ccccc2)n1. The van der Waals surface area contributed by atoms with E-state index in [9.17, 15) is 9.59 Å². The third-order valence-corrected chi connectivity index (χ3v) is 3.73. The normalized spacial score (nSPS) is 10.4. The average molecular weight is 364 g/mol. The highest BCUT2D eigenvalue weighted by Gasteiger charge is 2.20. The number of rotatable bonds is 7. The van der Waals surface area contributed by atoms with E-state index >= 15 is 0 Å². The van der Waals surface area contributed by atoms with Crippen LogP contribution < -0.4 is 5.32 Å². The third-order valence-electron chi connectivity index (χ3n) is 3.73. The molecule has 0 saturated heterocycles. The molecule has 0 unspecified atom stereocenters. The number of nitrogens with one attached hydrogen (secondary N) is 1. The highest BCUT2D eigenvalue weighted by molar-refractivity contribution is 5.88. The number of nitrogens with zero attached hydrogens (tertiary/aromatic N) is 3. The van der Waals surface area contributed by atoms with Gasteiger partial charge in [0.2, 0.25) is 0 Å². The minimum atomic E-state index is -0.742. The second kappa shape index (κ2) is 8.75. The number of carbonyl (C=O) groups is 2. The minimum absolute atomic E-state index is 0.0963. The zero-order valence-electron chi connectivity index (χ0n) is 15.0. The van der Waals surface area contributed by atoms with E-state index < -0.39 is 5.97 Å². The third kappa shape index (κ3) is 4.58. The molecular formula is C20H20N4O3. The summed E-state index contributed by atoms with van der Waals surface area (Å²) in [6, 6.07) is 18.8. The van der Waals surface area contributed by atoms with E-state index in [0.29, 0.717) is 12.4 Å². The van der Waals surface area contributed by atoms with Crippen LogP contribution in [0.2, 0.25) is 0 Å². The van der Waals surface area contributed by atoms with E-state index in [1.165, 1.54) is 0 Å². The van der Waals surface area contributed by atoms with Gasteiger partial charge in [-0.2, -0.15) is 0 Å². The second-order valence-electron chi connectivity index (χ2n) is 5.80. The molecule has 0 aliphatic carbocycles. The maximum Gasteiger partial charge on any atom is 0.378 e. The predicted octanol–water partition coefficient (Wildman–Crippen LogP) is 2.62. The molecule has 0 bridgehead atoms. The van der Waals surface area contributed by atoms with Crippen molar-refractivity contribution in [3.8, 4) is 17.1 Å². The molecule has 0 saturated carbocycles. The van der Waals surface area contributed by atoms with E-state index in [1.54, 1.807) is 4.68 Å². The van der Waals surface area contributed by atoms with Crippen LogP contribution in [0.4, 0.5) is 0 Å². The molecule has 7 heteroatoms. The summed E-state index contributed by atoms with van der Waals surface area (Å²) in [5.74, 6) is -0.672. The molecule has 0 aliphatic heterocycles. The fourth-order valence-electron chi connectivity index (χ4n) is 2.43. The van der Waals surface area contributed by atoms with Gasteiger partial charge in [-0.1, -0.05) is 55.5 Å². The number of ether oxygens (including phenoxy) is 1. The van der Waals surface area contributed by atoms with Crippen LogP contribution in [0.3, 0.4) is 0 Å². The van der Waals surface area contributed by atoms with Gasteiger partial charge in [0.15, 0.2) is 12.4 Å². The van der Waals surface area contributed by atoms with Crippen molar-refractivity contribution < 1.29 is 14.3 Å². The highest BCUT2D eigenvalue weighted by Crippen LogP contribution is 2.21. The Balaban J connectivity index is 1.86. The van der Waals surface area contributed by atoms with E-state index in [-0.39, 0.29) is 18.3 Å². The monoisotopic (exact) mass is 364 g/mol. The zero-order valence-corrected chi connectivity index (χ0v) is 15.0. The first-order valence-electron chi connectivity index (χ1n) is 8.70. The Morgan fingerprint density at radius 3 is 2.37 bits per heavy atom. The number of aromatic nitrogens is 3. The summed E-state index contributed by atoms with van der Waals surface area (Å²) in [5.41, 5.74) is 1.58. The maximum atomic E-state index is 12.3. The van der Waals surface area contributed by atoms with Gasteiger partial charge in [0.1, 0.15) is 0 Å². The smallest absolute Gasteiger partial charge is 0.378 e. The summed E-state index contributed by atoms with van der Waals surface area (Å²) in [7, 11) is 0. The molecule has 0 spiro atoms. The van der Waals surface area contributed by atoms with Crippen molar-refractivity contribution in [2.75, 3.05) is 13.2 Å². The number of hydrogen-bond donors (Lipinski definition) is 1. The van der Waals surface area contributed by atoms with Gasteiger partial charge in [-0.25, -0.2) is 14.5 Å². The van der Waals surface area contributed by atoms with Gasteiger partial charge in [-0.05, 0) is 18.6 Å². The Bertz CT molecular complexity index is 850. The van der Waals surface area contributed by atoms with Crippen molar-refractivity contribution in [2.24, 2.45) is 0 Å². The van der Waals surface area contributed by atoms with Crippen molar-refractivity contribution >= 4 is 11.9 Å². The molecule has 0 aliphatic rings. The number of esters is 1. The van der Waals surface area contributed by atoms with Crippen LogP contribution in [0.1, 0.15) is 24.0 Å². The van der Waals surface area contributed by atoms with Crippen LogP contribution in [0.15, 0.2) is 60.7 Å². The molecule has 1 heterocycles. The van der Waals surface area contributed by atoms with E-state index in [0.717, 1.165) is 17.7 Å². The Morgan fingerprint density at radius 2 is 1.70 bits per heavy atom. The molecule has 0 fully saturated rings. The van der Waals surface area contributed by atoms with Crippen LogP contribution in [0.5, 0.6) is 0 Å². The molecule has 3 rings (SSSR count). The van der Waals surface area contributed by atoms with Crippen LogP contribution in [-0.4, -0.2) is 39.8 Å². The molecule has 7 nitrogen and oxygen atoms in total. The molecular weight excluding hydrogens is 344 g/mol. The lowest BCUT2D eigenvalue weighted by Crippen LogP contribution is -2.29. The minimum Gasteiger partial charge on any atom is -0.450 e. The molecule has 2 aromatic carbocycles. The standard InChI is InChI=1S/C20H20N4O3/c1-2-13-21-17(25)14-27-20(26)18-22-19(15-9-5-3-6-10-15)24(23-18)16-11-7-4-8-12-16/h3-12H,2,13-14H2,1H3,(H,21,25). The van der Waals surface area contributed by atoms with Gasteiger partial charge in [-0.15, -0.1) is 5.10 Å². The van der Waals surface area contributed by atoms with E-state index in [1.807, 2.05) is 67.6 Å². The van der Waals surface area contributed by atoms with Gasteiger partial charge in [0.25, 0.3) is 11.7 Å². The molecule has 138 valence electrons. The highest BCUT2D eigenvalue weighted by atomic mass is 16.5. The van der Waals surface area contributed by atoms with Crippen molar-refractivity contribution in [3.63, 3.8) is 0 Å². The van der Waals surface area contributed by atoms with Gasteiger partial charge in [-0.3, -0.25) is 4.79 Å². The summed E-state index contributed by atoms with van der Waals surface area (Å²) in [4.78, 5) is 28.3. The molecule has 0 atom stereocenters. The lowest BCUT2D eigenvalue weighted by molar-refractivity contribution is -0.124. The van der Waals surface area contributed by atoms with E-state index in [4.69, 9.17) is 4.74 Å². The zero-order chi connectivity index (χ0) is 19.1. The topological polar surface area (TPSA) is 86.1 Å². The van der Waals surface area contributed by atoms with Crippen molar-refractivity contribution in [3.05, 3.63) is 66.5 Å². The average Bonchev–Trinajstić information content (AvgIpc) is 3.17. The molecule has 0 radical (unpaired) electrons. The van der Waals surface area contributed by atoms with Crippen molar-refractivity contribution in [2.45, 2.75) is 13.3 Å². The van der Waals surface area contributed by atoms with Gasteiger partial charge in [0, 0.05) is 12.1 Å². The maximum absolute atomic E-state index is 12.3. The Labute approximate surface area is 157 Å². The fourth-order valence-corrected chi connectivity index (χ4v) is 2.43. The Hall–Kier alpha value is -3.48. The number of para-hydroxylation sites is 1. The molecule has 27 heavy (non-hydrogen) atoms. The van der Waals surface area contributed by atoms with E-state index in [2.05, 4.69) is 15.4 Å². The summed E-state index contributed by atoms with van der Waals surface area (Å²) >= 11 is 0. The first-order chi connectivity index (χ1) is 13.2. The first kappa shape index (κ1) is 18.3. The summed E-state index contributed by atoms with van der Waals surface area (Å²) in [5, 5.41) is 6.94. The fraction of sp³-hybridized carbons (Fsp3) is 0.200. The van der Waals surface area contributed by atoms with Crippen LogP contribution in [0, 0.1) is 0 Å². The predicted molar refractivity (Wildman–Crippen MR) is 100 cm³/mol. The van der Waals surface area contributed by atoms with Gasteiger partial charge >= 0.3 is 5.97 Å². The molecule has 1 aromatic heterocycles. The molecule has 3 aromatic rings. The number of hydrogen-bond acceptors (Lipinski definition) is 5. The van der Waals surface area contributed by atoms with Crippen molar-refractivity contribution in [1.82, 2.24) is 20.1 Å². The number of amides is 1. The summed E-state index contributed by atoms with van der Waals surface area (Å²) in [6.07, 6.45) is 0.809. The summed E-state index contributed by atoms with van der Waals surface area (Å²) in [6.45, 7) is 2.12. The second-order valence-corrected chi connectivity index (χ2v) is 5.80. The van der Waals surface area contributed by atoms with Gasteiger partial charge in [0.05, 0.1) is 5.69 Å². The van der Waals surface area contributed by atoms with Crippen LogP contribution in [0.25, 0.3) is 17.1 Å². The van der Waals surface area contributed by atoms with Gasteiger partial charge < -0.3 is 10.1 Å². The Kier molecular flexibility index (Phi) is 5.94.